The monoisotopic (exact) mass is 172 g/mol. The zero-order chi connectivity index (χ0) is 8.97. The highest BCUT2D eigenvalue weighted by Crippen LogP contribution is 2.11. The summed E-state index contributed by atoms with van der Waals surface area (Å²) in [5, 5.41) is 2.81. The summed E-state index contributed by atoms with van der Waals surface area (Å²) in [5.41, 5.74) is 5.67. The molecule has 2 unspecified atom stereocenters. The Morgan fingerprint density at radius 2 is 2.42 bits per heavy atom. The lowest BCUT2D eigenvalue weighted by Crippen LogP contribution is -2.41. The number of rotatable bonds is 3. The van der Waals surface area contributed by atoms with Gasteiger partial charge in [0.2, 0.25) is 5.91 Å². The first-order chi connectivity index (χ1) is 5.75. The second-order valence-electron chi connectivity index (χ2n) is 3.10. The van der Waals surface area contributed by atoms with E-state index in [1.54, 1.807) is 0 Å². The van der Waals surface area contributed by atoms with E-state index < -0.39 is 0 Å². The van der Waals surface area contributed by atoms with Gasteiger partial charge in [-0.1, -0.05) is 6.92 Å². The molecule has 0 aromatic carbocycles. The molecule has 1 fully saturated rings. The molecule has 0 aromatic rings. The van der Waals surface area contributed by atoms with Crippen LogP contribution in [0.4, 0.5) is 0 Å². The van der Waals surface area contributed by atoms with Gasteiger partial charge in [0.1, 0.15) is 0 Å². The van der Waals surface area contributed by atoms with Crippen LogP contribution in [0.1, 0.15) is 13.3 Å². The van der Waals surface area contributed by atoms with Crippen molar-refractivity contribution in [3.8, 4) is 0 Å². The Kier molecular flexibility index (Phi) is 3.49. The van der Waals surface area contributed by atoms with Crippen molar-refractivity contribution in [1.29, 1.82) is 0 Å². The van der Waals surface area contributed by atoms with Crippen LogP contribution in [-0.2, 0) is 9.53 Å². The molecule has 0 saturated carbocycles. The first kappa shape index (κ1) is 9.48. The van der Waals surface area contributed by atoms with E-state index in [2.05, 4.69) is 5.32 Å². The molecule has 70 valence electrons. The Labute approximate surface area is 72.5 Å². The van der Waals surface area contributed by atoms with Gasteiger partial charge in [0.25, 0.3) is 0 Å². The van der Waals surface area contributed by atoms with Crippen molar-refractivity contribution in [1.82, 2.24) is 5.32 Å². The maximum absolute atomic E-state index is 11.3. The smallest absolute Gasteiger partial charge is 0.227 e. The summed E-state index contributed by atoms with van der Waals surface area (Å²) in [5.74, 6) is -0.113. The standard InChI is InChI=1S/C8H16N2O2/c1-2-3-10-8(11)6-4-12-5-7(6)9/h6-7H,2-5,9H2,1H3,(H,10,11). The molecule has 1 heterocycles. The molecule has 3 N–H and O–H groups in total. The van der Waals surface area contributed by atoms with E-state index in [4.69, 9.17) is 10.5 Å². The first-order valence-corrected chi connectivity index (χ1v) is 4.36. The number of amides is 1. The van der Waals surface area contributed by atoms with Gasteiger partial charge < -0.3 is 15.8 Å². The minimum Gasteiger partial charge on any atom is -0.379 e. The summed E-state index contributed by atoms with van der Waals surface area (Å²) >= 11 is 0. The van der Waals surface area contributed by atoms with Crippen LogP contribution in [0.5, 0.6) is 0 Å². The van der Waals surface area contributed by atoms with Crippen LogP contribution in [0.15, 0.2) is 0 Å². The van der Waals surface area contributed by atoms with Crippen LogP contribution in [-0.4, -0.2) is 31.7 Å². The topological polar surface area (TPSA) is 64.3 Å². The summed E-state index contributed by atoms with van der Waals surface area (Å²) in [7, 11) is 0. The Morgan fingerprint density at radius 3 is 2.92 bits per heavy atom. The third kappa shape index (κ3) is 2.19. The third-order valence-corrected chi connectivity index (χ3v) is 2.01. The van der Waals surface area contributed by atoms with E-state index in [9.17, 15) is 4.79 Å². The van der Waals surface area contributed by atoms with Crippen LogP contribution >= 0.6 is 0 Å². The maximum atomic E-state index is 11.3. The molecule has 4 heteroatoms. The quantitative estimate of drug-likeness (QED) is 0.602. The zero-order valence-electron chi connectivity index (χ0n) is 7.38. The normalized spacial score (nSPS) is 28.8. The van der Waals surface area contributed by atoms with Gasteiger partial charge >= 0.3 is 0 Å². The summed E-state index contributed by atoms with van der Waals surface area (Å²) in [6, 6.07) is -0.123. The fraction of sp³-hybridized carbons (Fsp3) is 0.875. The molecular formula is C8H16N2O2. The zero-order valence-corrected chi connectivity index (χ0v) is 7.38. The van der Waals surface area contributed by atoms with Gasteiger partial charge in [0, 0.05) is 12.6 Å². The summed E-state index contributed by atoms with van der Waals surface area (Å²) in [6.45, 7) is 3.72. The average Bonchev–Trinajstić information content (AvgIpc) is 2.47. The van der Waals surface area contributed by atoms with Crippen LogP contribution in [0, 0.1) is 5.92 Å². The molecule has 1 aliphatic rings. The largest absolute Gasteiger partial charge is 0.379 e. The maximum Gasteiger partial charge on any atom is 0.227 e. The van der Waals surface area contributed by atoms with Crippen molar-refractivity contribution in [2.24, 2.45) is 11.7 Å². The minimum absolute atomic E-state index is 0.0295. The van der Waals surface area contributed by atoms with Gasteiger partial charge in [0.15, 0.2) is 0 Å². The summed E-state index contributed by atoms with van der Waals surface area (Å²) in [4.78, 5) is 11.3. The minimum atomic E-state index is -0.142. The fourth-order valence-corrected chi connectivity index (χ4v) is 1.22. The van der Waals surface area contributed by atoms with Gasteiger partial charge in [-0.2, -0.15) is 0 Å². The predicted molar refractivity (Wildman–Crippen MR) is 45.6 cm³/mol. The lowest BCUT2D eigenvalue weighted by atomic mass is 10.0. The Balaban J connectivity index is 2.30. The van der Waals surface area contributed by atoms with Crippen molar-refractivity contribution >= 4 is 5.91 Å². The van der Waals surface area contributed by atoms with Gasteiger partial charge in [-0.25, -0.2) is 0 Å². The number of nitrogens with one attached hydrogen (secondary N) is 1. The third-order valence-electron chi connectivity index (χ3n) is 2.01. The molecule has 1 rings (SSSR count). The number of carbonyl (C=O) groups excluding carboxylic acids is 1. The van der Waals surface area contributed by atoms with Gasteiger partial charge in [-0.15, -0.1) is 0 Å². The highest BCUT2D eigenvalue weighted by Gasteiger charge is 2.30. The van der Waals surface area contributed by atoms with Crippen LogP contribution in [0.3, 0.4) is 0 Å². The molecule has 0 spiro atoms. The molecule has 2 atom stereocenters. The van der Waals surface area contributed by atoms with Crippen LogP contribution in [0.2, 0.25) is 0 Å². The molecular weight excluding hydrogens is 156 g/mol. The van der Waals surface area contributed by atoms with Crippen molar-refractivity contribution in [3.63, 3.8) is 0 Å². The SMILES string of the molecule is CCCNC(=O)C1COCC1N. The summed E-state index contributed by atoms with van der Waals surface area (Å²) < 4.78 is 5.08. The van der Waals surface area contributed by atoms with E-state index in [0.29, 0.717) is 13.2 Å². The number of nitrogens with two attached hydrogens (primary N) is 1. The lowest BCUT2D eigenvalue weighted by molar-refractivity contribution is -0.125. The Bertz CT molecular complexity index is 161. The predicted octanol–water partition coefficient (Wildman–Crippen LogP) is -0.514. The fourth-order valence-electron chi connectivity index (χ4n) is 1.22. The second-order valence-corrected chi connectivity index (χ2v) is 3.10. The highest BCUT2D eigenvalue weighted by atomic mass is 16.5. The van der Waals surface area contributed by atoms with Gasteiger partial charge in [-0.05, 0) is 6.42 Å². The highest BCUT2D eigenvalue weighted by molar-refractivity contribution is 5.79. The first-order valence-electron chi connectivity index (χ1n) is 4.36. The molecule has 0 aromatic heterocycles. The van der Waals surface area contributed by atoms with Crippen LogP contribution < -0.4 is 11.1 Å². The van der Waals surface area contributed by atoms with E-state index in [-0.39, 0.29) is 17.9 Å². The Morgan fingerprint density at radius 1 is 1.67 bits per heavy atom. The second kappa shape index (κ2) is 4.42. The number of ether oxygens (including phenoxy) is 1. The van der Waals surface area contributed by atoms with Crippen molar-refractivity contribution in [2.45, 2.75) is 19.4 Å². The molecule has 0 radical (unpaired) electrons. The molecule has 1 saturated heterocycles. The van der Waals surface area contributed by atoms with E-state index in [0.717, 1.165) is 13.0 Å². The van der Waals surface area contributed by atoms with Crippen molar-refractivity contribution in [2.75, 3.05) is 19.8 Å². The van der Waals surface area contributed by atoms with E-state index >= 15 is 0 Å². The lowest BCUT2D eigenvalue weighted by Gasteiger charge is -2.12. The molecule has 1 amide bonds. The number of carbonyl (C=O) groups is 1. The molecule has 4 nitrogen and oxygen atoms in total. The Hall–Kier alpha value is -0.610. The molecule has 1 aliphatic heterocycles. The summed E-state index contributed by atoms with van der Waals surface area (Å²) in [6.07, 6.45) is 0.953. The average molecular weight is 172 g/mol. The van der Waals surface area contributed by atoms with Crippen LogP contribution in [0.25, 0.3) is 0 Å². The van der Waals surface area contributed by atoms with E-state index in [1.807, 2.05) is 6.92 Å². The number of hydrogen-bond donors (Lipinski definition) is 2. The molecule has 0 bridgehead atoms. The molecule has 0 aliphatic carbocycles. The van der Waals surface area contributed by atoms with Crippen molar-refractivity contribution in [3.05, 3.63) is 0 Å². The van der Waals surface area contributed by atoms with E-state index in [1.165, 1.54) is 0 Å². The van der Waals surface area contributed by atoms with Gasteiger partial charge in [0.05, 0.1) is 19.1 Å². The molecule has 12 heavy (non-hydrogen) atoms. The van der Waals surface area contributed by atoms with Gasteiger partial charge in [-0.3, -0.25) is 4.79 Å². The van der Waals surface area contributed by atoms with Crippen molar-refractivity contribution < 1.29 is 9.53 Å². The number of hydrogen-bond acceptors (Lipinski definition) is 3.